The third kappa shape index (κ3) is 4.42. The number of carbonyl (C=O) groups excluding carboxylic acids is 2. The number of rotatable bonds is 5. The lowest BCUT2D eigenvalue weighted by Gasteiger charge is -2.21. The Balaban J connectivity index is 2.54. The first-order chi connectivity index (χ1) is 8.81. The standard InChI is InChI=1S/C12H21N3O4/c1-7(2)5-9(11(17)18)14-12(19)15-4-3-8(6-15)10(13)16/h7-9H,3-6H2,1-2H3,(H2,13,16)(H,14,19)(H,17,18)/t8?,9-/m1/s1. The highest BCUT2D eigenvalue weighted by Crippen LogP contribution is 2.16. The Morgan fingerprint density at radius 1 is 1.42 bits per heavy atom. The predicted octanol–water partition coefficient (Wildman–Crippen LogP) is 0.00250. The van der Waals surface area contributed by atoms with Crippen molar-refractivity contribution in [3.8, 4) is 0 Å². The zero-order chi connectivity index (χ0) is 14.6. The zero-order valence-corrected chi connectivity index (χ0v) is 11.3. The van der Waals surface area contributed by atoms with Crippen molar-refractivity contribution in [3.05, 3.63) is 0 Å². The van der Waals surface area contributed by atoms with Gasteiger partial charge in [-0.25, -0.2) is 9.59 Å². The molecule has 1 heterocycles. The lowest BCUT2D eigenvalue weighted by atomic mass is 10.0. The van der Waals surface area contributed by atoms with Gasteiger partial charge in [-0.15, -0.1) is 0 Å². The number of nitrogens with two attached hydrogens (primary N) is 1. The first-order valence-electron chi connectivity index (χ1n) is 6.38. The van der Waals surface area contributed by atoms with Crippen LogP contribution in [0.2, 0.25) is 0 Å². The van der Waals surface area contributed by atoms with Gasteiger partial charge in [-0.05, 0) is 18.8 Å². The van der Waals surface area contributed by atoms with Crippen LogP contribution in [0.5, 0.6) is 0 Å². The fourth-order valence-corrected chi connectivity index (χ4v) is 2.11. The van der Waals surface area contributed by atoms with Gasteiger partial charge in [0.15, 0.2) is 0 Å². The summed E-state index contributed by atoms with van der Waals surface area (Å²) >= 11 is 0. The number of carbonyl (C=O) groups is 3. The molecule has 0 radical (unpaired) electrons. The molecule has 1 aliphatic heterocycles. The fourth-order valence-electron chi connectivity index (χ4n) is 2.11. The van der Waals surface area contributed by atoms with Crippen LogP contribution in [-0.2, 0) is 9.59 Å². The molecule has 19 heavy (non-hydrogen) atoms. The summed E-state index contributed by atoms with van der Waals surface area (Å²) in [7, 11) is 0. The fraction of sp³-hybridized carbons (Fsp3) is 0.750. The quantitative estimate of drug-likeness (QED) is 0.653. The van der Waals surface area contributed by atoms with Crippen LogP contribution in [0.3, 0.4) is 0 Å². The van der Waals surface area contributed by atoms with Gasteiger partial charge in [0.05, 0.1) is 5.92 Å². The van der Waals surface area contributed by atoms with E-state index in [4.69, 9.17) is 10.8 Å². The second-order valence-corrected chi connectivity index (χ2v) is 5.30. The number of hydrogen-bond acceptors (Lipinski definition) is 3. The smallest absolute Gasteiger partial charge is 0.326 e. The van der Waals surface area contributed by atoms with Gasteiger partial charge in [0.1, 0.15) is 6.04 Å². The monoisotopic (exact) mass is 271 g/mol. The van der Waals surface area contributed by atoms with E-state index >= 15 is 0 Å². The lowest BCUT2D eigenvalue weighted by molar-refractivity contribution is -0.139. The summed E-state index contributed by atoms with van der Waals surface area (Å²) in [6.07, 6.45) is 0.902. The highest BCUT2D eigenvalue weighted by atomic mass is 16.4. The number of urea groups is 1. The summed E-state index contributed by atoms with van der Waals surface area (Å²) in [5, 5.41) is 11.5. The van der Waals surface area contributed by atoms with E-state index in [-0.39, 0.29) is 18.4 Å². The minimum atomic E-state index is -1.05. The van der Waals surface area contributed by atoms with E-state index in [2.05, 4.69) is 5.32 Å². The van der Waals surface area contributed by atoms with Crippen LogP contribution in [0.4, 0.5) is 4.79 Å². The second-order valence-electron chi connectivity index (χ2n) is 5.30. The average Bonchev–Trinajstić information content (AvgIpc) is 2.76. The average molecular weight is 271 g/mol. The summed E-state index contributed by atoms with van der Waals surface area (Å²) in [5.74, 6) is -1.64. The van der Waals surface area contributed by atoms with Crippen molar-refractivity contribution < 1.29 is 19.5 Å². The normalized spacial score (nSPS) is 20.4. The molecule has 1 aliphatic rings. The summed E-state index contributed by atoms with van der Waals surface area (Å²) < 4.78 is 0. The van der Waals surface area contributed by atoms with Gasteiger partial charge < -0.3 is 21.1 Å². The first-order valence-corrected chi connectivity index (χ1v) is 6.38. The molecular formula is C12H21N3O4. The Kier molecular flexibility index (Phi) is 5.14. The van der Waals surface area contributed by atoms with Crippen molar-refractivity contribution in [2.24, 2.45) is 17.6 Å². The third-order valence-electron chi connectivity index (χ3n) is 3.18. The van der Waals surface area contributed by atoms with Gasteiger partial charge in [0.25, 0.3) is 0 Å². The molecule has 4 N–H and O–H groups in total. The van der Waals surface area contributed by atoms with E-state index in [1.54, 1.807) is 0 Å². The number of primary amides is 1. The van der Waals surface area contributed by atoms with E-state index in [1.807, 2.05) is 13.8 Å². The number of amides is 3. The molecule has 0 aliphatic carbocycles. The summed E-state index contributed by atoms with van der Waals surface area (Å²) in [4.78, 5) is 35.4. The number of likely N-dealkylation sites (tertiary alicyclic amines) is 1. The van der Waals surface area contributed by atoms with Crippen molar-refractivity contribution in [2.45, 2.75) is 32.7 Å². The van der Waals surface area contributed by atoms with Gasteiger partial charge >= 0.3 is 12.0 Å². The molecule has 0 saturated carbocycles. The molecule has 0 aromatic heterocycles. The molecule has 1 fully saturated rings. The van der Waals surface area contributed by atoms with E-state index in [1.165, 1.54) is 4.90 Å². The number of nitrogens with one attached hydrogen (secondary N) is 1. The number of aliphatic carboxylic acids is 1. The number of carboxylic acids is 1. The minimum Gasteiger partial charge on any atom is -0.480 e. The highest BCUT2D eigenvalue weighted by Gasteiger charge is 2.31. The maximum absolute atomic E-state index is 11.9. The number of carboxylic acid groups (broad SMARTS) is 1. The van der Waals surface area contributed by atoms with Crippen LogP contribution in [0.15, 0.2) is 0 Å². The molecule has 7 nitrogen and oxygen atoms in total. The van der Waals surface area contributed by atoms with Crippen LogP contribution < -0.4 is 11.1 Å². The Morgan fingerprint density at radius 3 is 2.47 bits per heavy atom. The zero-order valence-electron chi connectivity index (χ0n) is 11.3. The molecule has 108 valence electrons. The number of hydrogen-bond donors (Lipinski definition) is 3. The molecule has 7 heteroatoms. The Bertz CT molecular complexity index is 370. The SMILES string of the molecule is CC(C)C[C@@H](NC(=O)N1CCC(C(N)=O)C1)C(=O)O. The van der Waals surface area contributed by atoms with Crippen LogP contribution in [0.25, 0.3) is 0 Å². The van der Waals surface area contributed by atoms with E-state index < -0.39 is 23.9 Å². The molecule has 1 unspecified atom stereocenters. The second kappa shape index (κ2) is 6.40. The molecule has 0 spiro atoms. The maximum Gasteiger partial charge on any atom is 0.326 e. The summed E-state index contributed by atoms with van der Waals surface area (Å²) in [6, 6.07) is -1.35. The van der Waals surface area contributed by atoms with Crippen LogP contribution in [-0.4, -0.2) is 47.0 Å². The van der Waals surface area contributed by atoms with Crippen LogP contribution in [0.1, 0.15) is 26.7 Å². The molecule has 1 saturated heterocycles. The first kappa shape index (κ1) is 15.3. The maximum atomic E-state index is 11.9. The topological polar surface area (TPSA) is 113 Å². The Hall–Kier alpha value is -1.79. The molecule has 0 aromatic carbocycles. The van der Waals surface area contributed by atoms with Crippen molar-refractivity contribution in [2.75, 3.05) is 13.1 Å². The molecule has 0 aromatic rings. The van der Waals surface area contributed by atoms with Gasteiger partial charge in [-0.1, -0.05) is 13.8 Å². The van der Waals surface area contributed by atoms with Crippen molar-refractivity contribution in [1.29, 1.82) is 0 Å². The number of nitrogens with zero attached hydrogens (tertiary/aromatic N) is 1. The summed E-state index contributed by atoms with van der Waals surface area (Å²) in [6.45, 7) is 4.46. The van der Waals surface area contributed by atoms with Gasteiger partial charge in [0, 0.05) is 13.1 Å². The van der Waals surface area contributed by atoms with Gasteiger partial charge in [-0.3, -0.25) is 4.79 Å². The van der Waals surface area contributed by atoms with E-state index in [0.29, 0.717) is 19.4 Å². The highest BCUT2D eigenvalue weighted by molar-refractivity contribution is 5.84. The largest absolute Gasteiger partial charge is 0.480 e. The minimum absolute atomic E-state index is 0.165. The molecule has 2 atom stereocenters. The van der Waals surface area contributed by atoms with Crippen LogP contribution in [0, 0.1) is 11.8 Å². The molecular weight excluding hydrogens is 250 g/mol. The Labute approximate surface area is 112 Å². The van der Waals surface area contributed by atoms with Gasteiger partial charge in [-0.2, -0.15) is 0 Å². The van der Waals surface area contributed by atoms with E-state index in [9.17, 15) is 14.4 Å². The van der Waals surface area contributed by atoms with Crippen LogP contribution >= 0.6 is 0 Å². The molecule has 3 amide bonds. The summed E-state index contributed by atoms with van der Waals surface area (Å²) in [5.41, 5.74) is 5.18. The van der Waals surface area contributed by atoms with Crippen molar-refractivity contribution in [3.63, 3.8) is 0 Å². The lowest BCUT2D eigenvalue weighted by Crippen LogP contribution is -2.48. The molecule has 0 bridgehead atoms. The third-order valence-corrected chi connectivity index (χ3v) is 3.18. The van der Waals surface area contributed by atoms with E-state index in [0.717, 1.165) is 0 Å². The predicted molar refractivity (Wildman–Crippen MR) is 68.3 cm³/mol. The van der Waals surface area contributed by atoms with Crippen molar-refractivity contribution in [1.82, 2.24) is 10.2 Å². The van der Waals surface area contributed by atoms with Gasteiger partial charge in [0.2, 0.25) is 5.91 Å². The molecule has 1 rings (SSSR count). The Morgan fingerprint density at radius 2 is 2.05 bits per heavy atom. The van der Waals surface area contributed by atoms with Crippen molar-refractivity contribution >= 4 is 17.9 Å².